The molecular formula is C12H28N2O. The molecule has 0 aromatic carbocycles. The molecule has 0 saturated heterocycles. The third-order valence-electron chi connectivity index (χ3n) is 3.42. The van der Waals surface area contributed by atoms with E-state index >= 15 is 0 Å². The molecule has 0 fully saturated rings. The summed E-state index contributed by atoms with van der Waals surface area (Å²) in [7, 11) is 8.35. The molecule has 3 heteroatoms. The maximum Gasteiger partial charge on any atom is 0.0703 e. The van der Waals surface area contributed by atoms with Gasteiger partial charge in [-0.05, 0) is 55.9 Å². The van der Waals surface area contributed by atoms with Crippen molar-refractivity contribution in [2.75, 3.05) is 28.2 Å². The van der Waals surface area contributed by atoms with Crippen molar-refractivity contribution in [2.24, 2.45) is 0 Å². The van der Waals surface area contributed by atoms with Gasteiger partial charge in [0.1, 0.15) is 0 Å². The van der Waals surface area contributed by atoms with E-state index in [4.69, 9.17) is 4.74 Å². The van der Waals surface area contributed by atoms with Crippen molar-refractivity contribution >= 4 is 0 Å². The van der Waals surface area contributed by atoms with Gasteiger partial charge in [0, 0.05) is 12.1 Å². The fraction of sp³-hybridized carbons (Fsp3) is 1.00. The summed E-state index contributed by atoms with van der Waals surface area (Å²) in [6, 6.07) is 0.892. The van der Waals surface area contributed by atoms with E-state index in [1.165, 1.54) is 0 Å². The molecule has 0 heterocycles. The van der Waals surface area contributed by atoms with E-state index in [0.717, 1.165) is 0 Å². The first-order valence-electron chi connectivity index (χ1n) is 5.75. The van der Waals surface area contributed by atoms with E-state index in [0.29, 0.717) is 12.1 Å². The van der Waals surface area contributed by atoms with Crippen molar-refractivity contribution in [1.29, 1.82) is 0 Å². The minimum absolute atomic E-state index is 0.261. The van der Waals surface area contributed by atoms with E-state index in [9.17, 15) is 0 Å². The van der Waals surface area contributed by atoms with Crippen molar-refractivity contribution in [3.63, 3.8) is 0 Å². The maximum atomic E-state index is 6.01. The van der Waals surface area contributed by atoms with Gasteiger partial charge in [0.25, 0.3) is 0 Å². The van der Waals surface area contributed by atoms with Crippen LogP contribution in [0.25, 0.3) is 0 Å². The Hall–Kier alpha value is -0.120. The van der Waals surface area contributed by atoms with Gasteiger partial charge in [-0.15, -0.1) is 0 Å². The summed E-state index contributed by atoms with van der Waals surface area (Å²) >= 11 is 0. The predicted octanol–water partition coefficient (Wildman–Crippen LogP) is 1.68. The zero-order valence-electron chi connectivity index (χ0n) is 11.6. The summed E-state index contributed by atoms with van der Waals surface area (Å²) in [5.74, 6) is 0. The van der Waals surface area contributed by atoms with Crippen LogP contribution >= 0.6 is 0 Å². The Morgan fingerprint density at radius 3 is 1.13 bits per heavy atom. The topological polar surface area (TPSA) is 15.7 Å². The zero-order chi connectivity index (χ0) is 12.2. The first kappa shape index (κ1) is 14.9. The fourth-order valence-corrected chi connectivity index (χ4v) is 1.41. The molecule has 4 atom stereocenters. The number of hydrogen-bond acceptors (Lipinski definition) is 3. The Balaban J connectivity index is 4.11. The van der Waals surface area contributed by atoms with Gasteiger partial charge in [-0.2, -0.15) is 0 Å². The van der Waals surface area contributed by atoms with Crippen LogP contribution in [0.15, 0.2) is 0 Å². The monoisotopic (exact) mass is 216 g/mol. The lowest BCUT2D eigenvalue weighted by molar-refractivity contribution is -0.0553. The van der Waals surface area contributed by atoms with Crippen molar-refractivity contribution in [3.05, 3.63) is 0 Å². The molecule has 0 aliphatic rings. The lowest BCUT2D eigenvalue weighted by Gasteiger charge is -2.33. The molecule has 0 aliphatic heterocycles. The zero-order valence-corrected chi connectivity index (χ0v) is 11.6. The van der Waals surface area contributed by atoms with Crippen molar-refractivity contribution in [1.82, 2.24) is 9.80 Å². The lowest BCUT2D eigenvalue weighted by Crippen LogP contribution is -2.43. The number of hydrogen-bond donors (Lipinski definition) is 0. The van der Waals surface area contributed by atoms with Crippen LogP contribution in [0.2, 0.25) is 0 Å². The third-order valence-corrected chi connectivity index (χ3v) is 3.42. The Bertz CT molecular complexity index is 153. The van der Waals surface area contributed by atoms with E-state index in [-0.39, 0.29) is 12.2 Å². The fourth-order valence-electron chi connectivity index (χ4n) is 1.41. The third kappa shape index (κ3) is 4.96. The molecule has 0 saturated carbocycles. The second-order valence-electron chi connectivity index (χ2n) is 4.95. The second kappa shape index (κ2) is 6.46. The Kier molecular flexibility index (Phi) is 6.41. The molecule has 0 amide bonds. The van der Waals surface area contributed by atoms with Crippen molar-refractivity contribution < 1.29 is 4.74 Å². The van der Waals surface area contributed by atoms with Crippen LogP contribution in [0.4, 0.5) is 0 Å². The van der Waals surface area contributed by atoms with Gasteiger partial charge in [0.05, 0.1) is 12.2 Å². The smallest absolute Gasteiger partial charge is 0.0703 e. The summed E-state index contributed by atoms with van der Waals surface area (Å²) in [5.41, 5.74) is 0. The number of likely N-dealkylation sites (N-methyl/N-ethyl adjacent to an activating group) is 2. The van der Waals surface area contributed by atoms with Crippen LogP contribution in [0.5, 0.6) is 0 Å². The van der Waals surface area contributed by atoms with E-state index in [1.54, 1.807) is 0 Å². The lowest BCUT2D eigenvalue weighted by atomic mass is 10.1. The molecule has 0 radical (unpaired) electrons. The van der Waals surface area contributed by atoms with Gasteiger partial charge in [-0.3, -0.25) is 0 Å². The first-order chi connectivity index (χ1) is 6.77. The summed E-state index contributed by atoms with van der Waals surface area (Å²) in [4.78, 5) is 4.38. The van der Waals surface area contributed by atoms with Gasteiger partial charge in [-0.25, -0.2) is 0 Å². The second-order valence-corrected chi connectivity index (χ2v) is 4.95. The number of ether oxygens (including phenoxy) is 1. The first-order valence-corrected chi connectivity index (χ1v) is 5.75. The molecule has 0 N–H and O–H groups in total. The maximum absolute atomic E-state index is 6.01. The summed E-state index contributed by atoms with van der Waals surface area (Å²) in [5, 5.41) is 0. The van der Waals surface area contributed by atoms with Gasteiger partial charge in [-0.1, -0.05) is 0 Å². The Labute approximate surface area is 95.4 Å². The van der Waals surface area contributed by atoms with E-state index in [2.05, 4.69) is 65.7 Å². The minimum Gasteiger partial charge on any atom is -0.372 e. The molecular weight excluding hydrogens is 188 g/mol. The van der Waals surface area contributed by atoms with E-state index < -0.39 is 0 Å². The van der Waals surface area contributed by atoms with Crippen molar-refractivity contribution in [3.8, 4) is 0 Å². The molecule has 4 unspecified atom stereocenters. The van der Waals surface area contributed by atoms with Crippen LogP contribution in [0.3, 0.4) is 0 Å². The summed E-state index contributed by atoms with van der Waals surface area (Å²) in [6.07, 6.45) is 0.523. The Morgan fingerprint density at radius 1 is 0.667 bits per heavy atom. The van der Waals surface area contributed by atoms with Crippen molar-refractivity contribution in [2.45, 2.75) is 52.0 Å². The summed E-state index contributed by atoms with van der Waals surface area (Å²) < 4.78 is 6.01. The number of rotatable bonds is 6. The average Bonchev–Trinajstić information content (AvgIpc) is 2.14. The van der Waals surface area contributed by atoms with Gasteiger partial charge in [0.15, 0.2) is 0 Å². The largest absolute Gasteiger partial charge is 0.372 e. The average molecular weight is 216 g/mol. The molecule has 0 rings (SSSR count). The van der Waals surface area contributed by atoms with Crippen LogP contribution < -0.4 is 0 Å². The standard InChI is InChI=1S/C12H28N2O/c1-9(13(5)6)11(3)15-12(4)10(2)14(7)8/h9-12H,1-8H3. The quantitative estimate of drug-likeness (QED) is 0.672. The highest BCUT2D eigenvalue weighted by atomic mass is 16.5. The highest BCUT2D eigenvalue weighted by Crippen LogP contribution is 2.11. The SMILES string of the molecule is CC(OC(C)C(C)N(C)C)C(C)N(C)C. The van der Waals surface area contributed by atoms with Crippen LogP contribution in [-0.2, 0) is 4.74 Å². The Morgan fingerprint density at radius 2 is 0.933 bits per heavy atom. The minimum atomic E-state index is 0.261. The molecule has 0 aliphatic carbocycles. The molecule has 0 aromatic rings. The van der Waals surface area contributed by atoms with Gasteiger partial charge >= 0.3 is 0 Å². The van der Waals surface area contributed by atoms with Gasteiger partial charge < -0.3 is 14.5 Å². The molecule has 0 spiro atoms. The number of nitrogens with zero attached hydrogens (tertiary/aromatic N) is 2. The summed E-state index contributed by atoms with van der Waals surface area (Å²) in [6.45, 7) is 8.67. The molecule has 15 heavy (non-hydrogen) atoms. The molecule has 0 bridgehead atoms. The highest BCUT2D eigenvalue weighted by molar-refractivity contribution is 4.73. The predicted molar refractivity (Wildman–Crippen MR) is 66.3 cm³/mol. The van der Waals surface area contributed by atoms with E-state index in [1.807, 2.05) is 0 Å². The highest BCUT2D eigenvalue weighted by Gasteiger charge is 2.21. The molecule has 3 nitrogen and oxygen atoms in total. The molecule has 0 aromatic heterocycles. The normalized spacial score (nSPS) is 20.4. The van der Waals surface area contributed by atoms with Gasteiger partial charge in [0.2, 0.25) is 0 Å². The van der Waals surface area contributed by atoms with Crippen LogP contribution in [-0.4, -0.2) is 62.3 Å². The molecule has 92 valence electrons. The van der Waals surface area contributed by atoms with Crippen LogP contribution in [0.1, 0.15) is 27.7 Å². The van der Waals surface area contributed by atoms with Crippen LogP contribution in [0, 0.1) is 0 Å².